The molecule has 0 spiro atoms. The minimum absolute atomic E-state index is 0.0154. The van der Waals surface area contributed by atoms with Gasteiger partial charge in [-0.05, 0) is 49.5 Å². The minimum Gasteiger partial charge on any atom is -0.299 e. The van der Waals surface area contributed by atoms with Crippen molar-refractivity contribution >= 4 is 10.0 Å². The molecule has 1 N–H and O–H groups in total. The van der Waals surface area contributed by atoms with Crippen molar-refractivity contribution in [3.8, 4) is 0 Å². The second-order valence-corrected chi connectivity index (χ2v) is 8.62. The summed E-state index contributed by atoms with van der Waals surface area (Å²) in [4.78, 5) is 2.43. The van der Waals surface area contributed by atoms with E-state index in [1.165, 1.54) is 18.4 Å². The molecule has 1 heterocycles. The Kier molecular flexibility index (Phi) is 5.89. The lowest BCUT2D eigenvalue weighted by atomic mass is 10.1. The van der Waals surface area contributed by atoms with E-state index >= 15 is 0 Å². The van der Waals surface area contributed by atoms with Crippen molar-refractivity contribution in [3.63, 3.8) is 0 Å². The summed E-state index contributed by atoms with van der Waals surface area (Å²) in [5.41, 5.74) is 4.21. The van der Waals surface area contributed by atoms with Crippen molar-refractivity contribution in [2.24, 2.45) is 0 Å². The van der Waals surface area contributed by atoms with Gasteiger partial charge in [0.25, 0.3) is 0 Å². The number of hydrogen-bond acceptors (Lipinski definition) is 3. The summed E-state index contributed by atoms with van der Waals surface area (Å²) >= 11 is 0. The Morgan fingerprint density at radius 1 is 0.960 bits per heavy atom. The first kappa shape index (κ1) is 18.1. The maximum Gasteiger partial charge on any atom is 0.216 e. The largest absolute Gasteiger partial charge is 0.299 e. The molecule has 3 rings (SSSR count). The van der Waals surface area contributed by atoms with E-state index in [2.05, 4.69) is 15.7 Å². The summed E-state index contributed by atoms with van der Waals surface area (Å²) in [6, 6.07) is 15.7. The highest BCUT2D eigenvalue weighted by Crippen LogP contribution is 2.16. The molecule has 0 saturated carbocycles. The summed E-state index contributed by atoms with van der Waals surface area (Å²) in [6.45, 7) is 5.50. The van der Waals surface area contributed by atoms with E-state index in [1.54, 1.807) is 0 Å². The molecule has 1 aliphatic heterocycles. The van der Waals surface area contributed by atoms with E-state index in [9.17, 15) is 8.42 Å². The number of likely N-dealkylation sites (tertiary alicyclic amines) is 1. The van der Waals surface area contributed by atoms with Crippen molar-refractivity contribution in [2.75, 3.05) is 13.1 Å². The number of nitrogens with zero attached hydrogens (tertiary/aromatic N) is 1. The third-order valence-electron chi connectivity index (χ3n) is 4.67. The van der Waals surface area contributed by atoms with E-state index in [-0.39, 0.29) is 5.75 Å². The smallest absolute Gasteiger partial charge is 0.216 e. The van der Waals surface area contributed by atoms with Gasteiger partial charge < -0.3 is 0 Å². The second kappa shape index (κ2) is 8.13. The van der Waals surface area contributed by atoms with Crippen LogP contribution in [-0.4, -0.2) is 26.4 Å². The van der Waals surface area contributed by atoms with Crippen LogP contribution in [0.1, 0.15) is 35.1 Å². The molecular formula is C20H26N2O2S. The average molecular weight is 359 g/mol. The standard InChI is InChI=1S/C20H26N2O2S/c1-17-8-10-18(11-9-17)16-25(23,24)21-14-19-6-2-3-7-20(19)15-22-12-4-5-13-22/h2-3,6-11,21H,4-5,12-16H2,1H3. The van der Waals surface area contributed by atoms with Gasteiger partial charge in [0.15, 0.2) is 0 Å². The fourth-order valence-corrected chi connectivity index (χ4v) is 4.32. The van der Waals surface area contributed by atoms with E-state index < -0.39 is 10.0 Å². The van der Waals surface area contributed by atoms with Crippen molar-refractivity contribution in [1.29, 1.82) is 0 Å². The van der Waals surface area contributed by atoms with Gasteiger partial charge in [-0.3, -0.25) is 4.90 Å². The van der Waals surface area contributed by atoms with Crippen molar-refractivity contribution in [1.82, 2.24) is 9.62 Å². The van der Waals surface area contributed by atoms with Crippen LogP contribution in [0.3, 0.4) is 0 Å². The molecular weight excluding hydrogens is 332 g/mol. The molecule has 0 aromatic heterocycles. The van der Waals surface area contributed by atoms with E-state index in [0.717, 1.165) is 36.3 Å². The van der Waals surface area contributed by atoms with Crippen molar-refractivity contribution in [2.45, 2.75) is 38.6 Å². The third kappa shape index (κ3) is 5.39. The highest BCUT2D eigenvalue weighted by atomic mass is 32.2. The summed E-state index contributed by atoms with van der Waals surface area (Å²) in [5.74, 6) is 0.0154. The van der Waals surface area contributed by atoms with Crippen LogP contribution in [0.15, 0.2) is 48.5 Å². The van der Waals surface area contributed by atoms with Crippen LogP contribution in [0.5, 0.6) is 0 Å². The van der Waals surface area contributed by atoms with Gasteiger partial charge in [0.1, 0.15) is 0 Å². The van der Waals surface area contributed by atoms with Crippen LogP contribution in [0, 0.1) is 6.92 Å². The Labute approximate surface area is 150 Å². The van der Waals surface area contributed by atoms with Gasteiger partial charge in [-0.1, -0.05) is 54.1 Å². The Bertz CT molecular complexity index is 795. The maximum atomic E-state index is 12.4. The molecule has 0 radical (unpaired) electrons. The van der Waals surface area contributed by atoms with E-state index in [0.29, 0.717) is 6.54 Å². The van der Waals surface area contributed by atoms with Crippen molar-refractivity contribution in [3.05, 3.63) is 70.8 Å². The van der Waals surface area contributed by atoms with Gasteiger partial charge in [0, 0.05) is 13.1 Å². The molecule has 1 saturated heterocycles. The molecule has 0 atom stereocenters. The zero-order chi connectivity index (χ0) is 17.7. The topological polar surface area (TPSA) is 49.4 Å². The monoisotopic (exact) mass is 358 g/mol. The lowest BCUT2D eigenvalue weighted by molar-refractivity contribution is 0.330. The summed E-state index contributed by atoms with van der Waals surface area (Å²) < 4.78 is 27.5. The molecule has 5 heteroatoms. The molecule has 1 fully saturated rings. The predicted molar refractivity (Wildman–Crippen MR) is 102 cm³/mol. The fourth-order valence-electron chi connectivity index (χ4n) is 3.21. The first-order chi connectivity index (χ1) is 12.0. The van der Waals surface area contributed by atoms with Gasteiger partial charge in [0.05, 0.1) is 5.75 Å². The minimum atomic E-state index is -3.35. The Balaban J connectivity index is 1.63. The number of nitrogens with one attached hydrogen (secondary N) is 1. The molecule has 25 heavy (non-hydrogen) atoms. The highest BCUT2D eigenvalue weighted by Gasteiger charge is 2.15. The number of aryl methyl sites for hydroxylation is 1. The summed E-state index contributed by atoms with van der Waals surface area (Å²) in [5, 5.41) is 0. The van der Waals surface area contributed by atoms with Gasteiger partial charge in [-0.25, -0.2) is 13.1 Å². The molecule has 0 unspecified atom stereocenters. The van der Waals surface area contributed by atoms with Crippen LogP contribution >= 0.6 is 0 Å². The predicted octanol–water partition coefficient (Wildman–Crippen LogP) is 3.21. The molecule has 1 aliphatic rings. The SMILES string of the molecule is Cc1ccc(CS(=O)(=O)NCc2ccccc2CN2CCCC2)cc1. The Hall–Kier alpha value is -1.69. The first-order valence-electron chi connectivity index (χ1n) is 8.84. The first-order valence-corrected chi connectivity index (χ1v) is 10.5. The summed E-state index contributed by atoms with van der Waals surface area (Å²) in [6.07, 6.45) is 2.51. The second-order valence-electron chi connectivity index (χ2n) is 6.82. The molecule has 4 nitrogen and oxygen atoms in total. The van der Waals surface area contributed by atoms with E-state index in [1.807, 2.05) is 49.4 Å². The lowest BCUT2D eigenvalue weighted by Crippen LogP contribution is -2.26. The molecule has 2 aromatic carbocycles. The molecule has 2 aromatic rings. The Morgan fingerprint density at radius 3 is 2.28 bits per heavy atom. The van der Waals surface area contributed by atoms with Gasteiger partial charge in [0.2, 0.25) is 10.0 Å². The molecule has 0 amide bonds. The normalized spacial score (nSPS) is 15.6. The third-order valence-corrected chi connectivity index (χ3v) is 5.97. The Morgan fingerprint density at radius 2 is 1.60 bits per heavy atom. The lowest BCUT2D eigenvalue weighted by Gasteiger charge is -2.17. The highest BCUT2D eigenvalue weighted by molar-refractivity contribution is 7.88. The van der Waals surface area contributed by atoms with Gasteiger partial charge in [-0.2, -0.15) is 0 Å². The quantitative estimate of drug-likeness (QED) is 0.827. The van der Waals surface area contributed by atoms with Crippen LogP contribution in [0.2, 0.25) is 0 Å². The number of benzene rings is 2. The molecule has 0 bridgehead atoms. The number of hydrogen-bond donors (Lipinski definition) is 1. The van der Waals surface area contributed by atoms with Crippen molar-refractivity contribution < 1.29 is 8.42 Å². The summed E-state index contributed by atoms with van der Waals surface area (Å²) in [7, 11) is -3.35. The van der Waals surface area contributed by atoms with Gasteiger partial charge >= 0.3 is 0 Å². The fraction of sp³-hybridized carbons (Fsp3) is 0.400. The van der Waals surface area contributed by atoms with Crippen LogP contribution in [-0.2, 0) is 28.9 Å². The van der Waals surface area contributed by atoms with Gasteiger partial charge in [-0.15, -0.1) is 0 Å². The van der Waals surface area contributed by atoms with E-state index in [4.69, 9.17) is 0 Å². The molecule has 0 aliphatic carbocycles. The average Bonchev–Trinajstić information content (AvgIpc) is 3.09. The van der Waals surface area contributed by atoms with Crippen LogP contribution in [0.25, 0.3) is 0 Å². The van der Waals surface area contributed by atoms with Crippen LogP contribution in [0.4, 0.5) is 0 Å². The zero-order valence-electron chi connectivity index (χ0n) is 14.7. The zero-order valence-corrected chi connectivity index (χ0v) is 15.6. The number of rotatable bonds is 7. The maximum absolute atomic E-state index is 12.4. The molecule has 134 valence electrons. The number of sulfonamides is 1. The van der Waals surface area contributed by atoms with Crippen LogP contribution < -0.4 is 4.72 Å².